The quantitative estimate of drug-likeness (QED) is 0.235. The number of benzene rings is 3. The highest BCUT2D eigenvalue weighted by atomic mass is 35.5. The first-order chi connectivity index (χ1) is 19.7. The summed E-state index contributed by atoms with van der Waals surface area (Å²) in [5.74, 6) is -0.426. The topological polar surface area (TPSA) is 77.2 Å². The van der Waals surface area contributed by atoms with Crippen LogP contribution in [0.1, 0.15) is 43.9 Å². The number of carbonyl (C=O) groups excluding carboxylic acids is 2. The van der Waals surface area contributed by atoms with Crippen LogP contribution in [-0.4, -0.2) is 29.8 Å². The van der Waals surface area contributed by atoms with Gasteiger partial charge in [0.2, 0.25) is 5.91 Å². The average molecular weight is 571 g/mol. The highest BCUT2D eigenvalue weighted by molar-refractivity contribution is 6.31. The molecule has 0 radical (unpaired) electrons. The Labute approximate surface area is 243 Å². The Kier molecular flexibility index (Phi) is 7.08. The molecule has 1 amide bonds. The van der Waals surface area contributed by atoms with Gasteiger partial charge < -0.3 is 20.5 Å². The first-order valence-electron chi connectivity index (χ1n) is 13.9. The van der Waals surface area contributed by atoms with E-state index in [0.717, 1.165) is 39.1 Å². The second-order valence-electron chi connectivity index (χ2n) is 11.6. The summed E-state index contributed by atoms with van der Waals surface area (Å²) in [6, 6.07) is 19.4. The summed E-state index contributed by atoms with van der Waals surface area (Å²) >= 11 is 6.76. The molecule has 2 heterocycles. The molecule has 0 saturated heterocycles. The molecule has 3 aromatic carbocycles. The van der Waals surface area contributed by atoms with Crippen molar-refractivity contribution in [3.05, 3.63) is 106 Å². The Balaban J connectivity index is 1.33. The molecule has 0 fully saturated rings. The van der Waals surface area contributed by atoms with Gasteiger partial charge in [-0.05, 0) is 65.8 Å². The lowest BCUT2D eigenvalue weighted by atomic mass is 9.73. The molecule has 1 aliphatic heterocycles. The van der Waals surface area contributed by atoms with E-state index in [4.69, 9.17) is 11.6 Å². The largest absolute Gasteiger partial charge is 0.361 e. The van der Waals surface area contributed by atoms with Crippen molar-refractivity contribution in [2.75, 3.05) is 23.3 Å². The number of rotatable bonds is 6. The van der Waals surface area contributed by atoms with Gasteiger partial charge >= 0.3 is 0 Å². The molecule has 4 aromatic rings. The molecule has 2 aliphatic rings. The van der Waals surface area contributed by atoms with Crippen LogP contribution in [0.5, 0.6) is 0 Å². The smallest absolute Gasteiger partial charge is 0.239 e. The van der Waals surface area contributed by atoms with Crippen LogP contribution in [0.4, 0.5) is 15.8 Å². The molecule has 210 valence electrons. The number of nitrogens with one attached hydrogen (secondary N) is 3. The van der Waals surface area contributed by atoms with Gasteiger partial charge in [0.05, 0.1) is 24.0 Å². The first-order valence-corrected chi connectivity index (χ1v) is 14.2. The minimum atomic E-state index is -0.541. The van der Waals surface area contributed by atoms with Crippen molar-refractivity contribution in [2.45, 2.75) is 39.2 Å². The number of hydrogen-bond donors (Lipinski definition) is 3. The van der Waals surface area contributed by atoms with Crippen molar-refractivity contribution in [3.63, 3.8) is 0 Å². The van der Waals surface area contributed by atoms with Gasteiger partial charge in [0, 0.05) is 46.4 Å². The number of carbonyl (C=O) groups is 2. The van der Waals surface area contributed by atoms with Crippen LogP contribution < -0.4 is 15.5 Å². The first kappa shape index (κ1) is 27.1. The molecule has 6 nitrogen and oxygen atoms in total. The SMILES string of the molecule is CC1(C)CC(=O)C2=C(C1)Nc1ccccc1N(CC(=O)NCCc1c[nH]c3ccc(F)cc13)C2c1ccccc1Cl. The molecule has 8 heteroatoms. The van der Waals surface area contributed by atoms with Crippen LogP contribution in [0, 0.1) is 11.2 Å². The predicted octanol–water partition coefficient (Wildman–Crippen LogP) is 6.94. The molecule has 0 spiro atoms. The maximum atomic E-state index is 13.8. The van der Waals surface area contributed by atoms with Crippen LogP contribution >= 0.6 is 11.6 Å². The number of aromatic amines is 1. The number of aromatic nitrogens is 1. The van der Waals surface area contributed by atoms with Crippen molar-refractivity contribution in [1.82, 2.24) is 10.3 Å². The van der Waals surface area contributed by atoms with E-state index in [1.807, 2.05) is 59.6 Å². The minimum absolute atomic E-state index is 0.0184. The molecule has 1 unspecified atom stereocenters. The molecule has 41 heavy (non-hydrogen) atoms. The number of para-hydroxylation sites is 2. The summed E-state index contributed by atoms with van der Waals surface area (Å²) in [5, 5.41) is 7.95. The zero-order valence-electron chi connectivity index (χ0n) is 23.1. The molecule has 1 atom stereocenters. The third kappa shape index (κ3) is 5.34. The summed E-state index contributed by atoms with van der Waals surface area (Å²) in [5.41, 5.74) is 5.56. The highest BCUT2D eigenvalue weighted by Crippen LogP contribution is 2.49. The third-order valence-corrected chi connectivity index (χ3v) is 8.31. The highest BCUT2D eigenvalue weighted by Gasteiger charge is 2.42. The second kappa shape index (κ2) is 10.7. The lowest BCUT2D eigenvalue weighted by Gasteiger charge is -2.38. The van der Waals surface area contributed by atoms with Gasteiger partial charge in [-0.3, -0.25) is 9.59 Å². The minimum Gasteiger partial charge on any atom is -0.361 e. The lowest BCUT2D eigenvalue weighted by molar-refractivity contribution is -0.120. The summed E-state index contributed by atoms with van der Waals surface area (Å²) in [7, 11) is 0. The maximum absolute atomic E-state index is 13.8. The van der Waals surface area contributed by atoms with Crippen molar-refractivity contribution >= 4 is 45.6 Å². The number of amides is 1. The fourth-order valence-corrected chi connectivity index (χ4v) is 6.39. The van der Waals surface area contributed by atoms with Crippen molar-refractivity contribution in [1.29, 1.82) is 0 Å². The number of halogens is 2. The average Bonchev–Trinajstić information content (AvgIpc) is 3.26. The van der Waals surface area contributed by atoms with Gasteiger partial charge in [-0.25, -0.2) is 4.39 Å². The number of fused-ring (bicyclic) bond motifs is 2. The molecule has 3 N–H and O–H groups in total. The number of Topliss-reactive ketones (excluding diaryl/α,β-unsaturated/α-hetero) is 1. The van der Waals surface area contributed by atoms with E-state index in [1.165, 1.54) is 12.1 Å². The Morgan fingerprint density at radius 3 is 2.71 bits per heavy atom. The van der Waals surface area contributed by atoms with Crippen LogP contribution in [-0.2, 0) is 16.0 Å². The monoisotopic (exact) mass is 570 g/mol. The van der Waals surface area contributed by atoms with Gasteiger partial charge in [-0.15, -0.1) is 0 Å². The number of nitrogens with zero attached hydrogens (tertiary/aromatic N) is 1. The number of anilines is 2. The Morgan fingerprint density at radius 2 is 1.88 bits per heavy atom. The van der Waals surface area contributed by atoms with E-state index in [0.29, 0.717) is 36.4 Å². The van der Waals surface area contributed by atoms with Gasteiger partial charge in [-0.2, -0.15) is 0 Å². The summed E-state index contributed by atoms with van der Waals surface area (Å²) in [6.45, 7) is 4.61. The summed E-state index contributed by atoms with van der Waals surface area (Å²) in [6.07, 6.45) is 3.51. The maximum Gasteiger partial charge on any atom is 0.239 e. The Morgan fingerprint density at radius 1 is 1.10 bits per heavy atom. The summed E-state index contributed by atoms with van der Waals surface area (Å²) < 4.78 is 13.8. The van der Waals surface area contributed by atoms with Crippen molar-refractivity contribution in [3.8, 4) is 0 Å². The van der Waals surface area contributed by atoms with E-state index in [2.05, 4.69) is 29.5 Å². The zero-order chi connectivity index (χ0) is 28.7. The van der Waals surface area contributed by atoms with E-state index in [1.54, 1.807) is 6.07 Å². The molecule has 6 rings (SSSR count). The predicted molar refractivity (Wildman–Crippen MR) is 162 cm³/mol. The van der Waals surface area contributed by atoms with Crippen LogP contribution in [0.25, 0.3) is 10.9 Å². The number of ketones is 1. The Bertz CT molecular complexity index is 1690. The zero-order valence-corrected chi connectivity index (χ0v) is 23.8. The van der Waals surface area contributed by atoms with E-state index in [9.17, 15) is 14.0 Å². The van der Waals surface area contributed by atoms with Gasteiger partial charge in [0.1, 0.15) is 5.82 Å². The molecular weight excluding hydrogens is 539 g/mol. The molecule has 1 aromatic heterocycles. The van der Waals surface area contributed by atoms with E-state index < -0.39 is 6.04 Å². The van der Waals surface area contributed by atoms with Crippen molar-refractivity contribution in [2.24, 2.45) is 5.41 Å². The molecular formula is C33H32ClFN4O2. The number of hydrogen-bond acceptors (Lipinski definition) is 4. The van der Waals surface area contributed by atoms with Crippen LogP contribution in [0.2, 0.25) is 5.02 Å². The molecule has 0 bridgehead atoms. The second-order valence-corrected chi connectivity index (χ2v) is 12.0. The van der Waals surface area contributed by atoms with Crippen molar-refractivity contribution < 1.29 is 14.0 Å². The normalized spacial score (nSPS) is 18.0. The number of H-pyrrole nitrogens is 1. The van der Waals surface area contributed by atoms with Gasteiger partial charge in [0.25, 0.3) is 0 Å². The van der Waals surface area contributed by atoms with E-state index in [-0.39, 0.29) is 29.5 Å². The number of allylic oxidation sites excluding steroid dienone is 1. The third-order valence-electron chi connectivity index (χ3n) is 7.96. The molecule has 0 saturated carbocycles. The Hall–Kier alpha value is -4.10. The van der Waals surface area contributed by atoms with Gasteiger partial charge in [-0.1, -0.05) is 55.8 Å². The lowest BCUT2D eigenvalue weighted by Crippen LogP contribution is -2.42. The molecule has 1 aliphatic carbocycles. The van der Waals surface area contributed by atoms with Crippen LogP contribution in [0.3, 0.4) is 0 Å². The van der Waals surface area contributed by atoms with Gasteiger partial charge in [0.15, 0.2) is 5.78 Å². The standard InChI is InChI=1S/C33H32ClFN4O2/c1-33(2)16-27-31(29(40)17-33)32(22-7-3-4-8-24(22)34)39(28-10-6-5-9-26(28)38-27)19-30(41)36-14-13-20-18-37-25-12-11-21(35)15-23(20)25/h3-12,15,18,32,37-38H,13-14,16-17,19H2,1-2H3,(H,36,41). The summed E-state index contributed by atoms with van der Waals surface area (Å²) in [4.78, 5) is 32.5. The van der Waals surface area contributed by atoms with Crippen LogP contribution in [0.15, 0.2) is 84.2 Å². The van der Waals surface area contributed by atoms with E-state index >= 15 is 0 Å². The fourth-order valence-electron chi connectivity index (χ4n) is 6.15. The fraction of sp³-hybridized carbons (Fsp3) is 0.273.